The first-order valence-electron chi connectivity index (χ1n) is 7.58. The summed E-state index contributed by atoms with van der Waals surface area (Å²) in [5.41, 5.74) is 0.994. The highest BCUT2D eigenvalue weighted by molar-refractivity contribution is 5.92. The number of carboxylic acids is 1. The minimum Gasteiger partial charge on any atom is -0.481 e. The number of hydrogen-bond acceptors (Lipinski definition) is 4. The second-order valence-corrected chi connectivity index (χ2v) is 5.77. The molecule has 1 aliphatic rings. The summed E-state index contributed by atoms with van der Waals surface area (Å²) >= 11 is 0. The average Bonchev–Trinajstić information content (AvgIpc) is 3.05. The van der Waals surface area contributed by atoms with E-state index in [0.717, 1.165) is 5.69 Å². The van der Waals surface area contributed by atoms with Crippen LogP contribution in [0.4, 0.5) is 0 Å². The Balaban J connectivity index is 1.80. The fraction of sp³-hybridized carbons (Fsp3) is 0.375. The van der Waals surface area contributed by atoms with Crippen LogP contribution in [0.2, 0.25) is 0 Å². The van der Waals surface area contributed by atoms with Gasteiger partial charge in [-0.15, -0.1) is 5.10 Å². The maximum absolute atomic E-state index is 12.6. The number of aliphatic carboxylic acids is 1. The minimum atomic E-state index is -0.859. The highest BCUT2D eigenvalue weighted by Crippen LogP contribution is 2.23. The lowest BCUT2D eigenvalue weighted by atomic mass is 9.93. The summed E-state index contributed by atoms with van der Waals surface area (Å²) in [5, 5.41) is 17.5. The number of benzene rings is 1. The lowest BCUT2D eigenvalue weighted by Crippen LogP contribution is -2.47. The average molecular weight is 314 g/mol. The van der Waals surface area contributed by atoms with E-state index in [1.54, 1.807) is 4.90 Å². The Labute approximate surface area is 133 Å². The van der Waals surface area contributed by atoms with Gasteiger partial charge in [0.15, 0.2) is 5.69 Å². The van der Waals surface area contributed by atoms with E-state index >= 15 is 0 Å². The number of carboxylic acid groups (broad SMARTS) is 1. The molecular weight excluding hydrogens is 296 g/mol. The zero-order chi connectivity index (χ0) is 16.4. The zero-order valence-electron chi connectivity index (χ0n) is 12.8. The lowest BCUT2D eigenvalue weighted by Gasteiger charge is -2.35. The van der Waals surface area contributed by atoms with Crippen molar-refractivity contribution in [1.29, 1.82) is 0 Å². The number of piperidine rings is 1. The molecule has 1 saturated heterocycles. The molecule has 120 valence electrons. The molecular formula is C16H18N4O3. The largest absolute Gasteiger partial charge is 0.481 e. The number of likely N-dealkylation sites (tertiary alicyclic amines) is 1. The van der Waals surface area contributed by atoms with Gasteiger partial charge in [-0.2, -0.15) is 9.90 Å². The van der Waals surface area contributed by atoms with E-state index in [4.69, 9.17) is 0 Å². The number of para-hydroxylation sites is 1. The summed E-state index contributed by atoms with van der Waals surface area (Å²) in [5.74, 6) is -1.65. The Morgan fingerprint density at radius 3 is 2.65 bits per heavy atom. The van der Waals surface area contributed by atoms with Gasteiger partial charge in [0, 0.05) is 12.6 Å². The smallest absolute Gasteiger partial charge is 0.308 e. The summed E-state index contributed by atoms with van der Waals surface area (Å²) in [4.78, 5) is 26.8. The van der Waals surface area contributed by atoms with Crippen LogP contribution in [0.1, 0.15) is 30.3 Å². The van der Waals surface area contributed by atoms with Gasteiger partial charge in [0.05, 0.1) is 17.8 Å². The van der Waals surface area contributed by atoms with Gasteiger partial charge in [0.1, 0.15) is 0 Å². The van der Waals surface area contributed by atoms with Crippen molar-refractivity contribution < 1.29 is 14.7 Å². The van der Waals surface area contributed by atoms with Crippen LogP contribution in [0.3, 0.4) is 0 Å². The Hall–Kier alpha value is -2.70. The normalized spacial score (nSPS) is 21.2. The van der Waals surface area contributed by atoms with Gasteiger partial charge in [-0.25, -0.2) is 0 Å². The molecule has 1 N–H and O–H groups in total. The summed E-state index contributed by atoms with van der Waals surface area (Å²) in [6.45, 7) is 2.14. The number of nitrogens with zero attached hydrogens (tertiary/aromatic N) is 4. The third-order valence-corrected chi connectivity index (χ3v) is 4.19. The molecule has 0 saturated carbocycles. The van der Waals surface area contributed by atoms with Crippen molar-refractivity contribution in [3.05, 3.63) is 42.2 Å². The van der Waals surface area contributed by atoms with Gasteiger partial charge in [0.2, 0.25) is 0 Å². The predicted molar refractivity (Wildman–Crippen MR) is 82.2 cm³/mol. The Morgan fingerprint density at radius 2 is 1.96 bits per heavy atom. The number of amides is 1. The van der Waals surface area contributed by atoms with E-state index < -0.39 is 11.9 Å². The highest BCUT2D eigenvalue weighted by Gasteiger charge is 2.33. The predicted octanol–water partition coefficient (Wildman–Crippen LogP) is 1.59. The molecule has 0 aliphatic carbocycles. The van der Waals surface area contributed by atoms with E-state index in [1.165, 1.54) is 11.0 Å². The van der Waals surface area contributed by atoms with Crippen LogP contribution in [0.15, 0.2) is 36.5 Å². The summed E-state index contributed by atoms with van der Waals surface area (Å²) < 4.78 is 0. The number of hydrogen-bond donors (Lipinski definition) is 1. The fourth-order valence-corrected chi connectivity index (χ4v) is 2.79. The second-order valence-electron chi connectivity index (χ2n) is 5.77. The van der Waals surface area contributed by atoms with E-state index in [1.807, 2.05) is 37.3 Å². The van der Waals surface area contributed by atoms with Crippen LogP contribution in [-0.4, -0.2) is 49.5 Å². The Morgan fingerprint density at radius 1 is 1.22 bits per heavy atom. The number of rotatable bonds is 3. The quantitative estimate of drug-likeness (QED) is 0.929. The molecule has 1 aromatic carbocycles. The molecule has 2 unspecified atom stereocenters. The van der Waals surface area contributed by atoms with Crippen LogP contribution in [-0.2, 0) is 4.79 Å². The van der Waals surface area contributed by atoms with Crippen LogP contribution >= 0.6 is 0 Å². The SMILES string of the molecule is CC1CCC(C(=O)O)CN1C(=O)c1cnn(-c2ccccc2)n1. The van der Waals surface area contributed by atoms with E-state index in [9.17, 15) is 14.7 Å². The Bertz CT molecular complexity index is 713. The van der Waals surface area contributed by atoms with Crippen molar-refractivity contribution in [2.45, 2.75) is 25.8 Å². The molecule has 2 atom stereocenters. The molecule has 0 bridgehead atoms. The van der Waals surface area contributed by atoms with Crippen molar-refractivity contribution in [3.8, 4) is 5.69 Å². The monoisotopic (exact) mass is 314 g/mol. The van der Waals surface area contributed by atoms with Gasteiger partial charge in [-0.3, -0.25) is 9.59 Å². The van der Waals surface area contributed by atoms with Crippen molar-refractivity contribution in [2.75, 3.05) is 6.54 Å². The standard InChI is InChI=1S/C16H18N4O3/c1-11-7-8-12(16(22)23)10-19(11)15(21)14-9-17-20(18-14)13-5-3-2-4-6-13/h2-6,9,11-12H,7-8,10H2,1H3,(H,22,23). The maximum atomic E-state index is 12.6. The minimum absolute atomic E-state index is 0.0000229. The molecule has 2 heterocycles. The highest BCUT2D eigenvalue weighted by atomic mass is 16.4. The van der Waals surface area contributed by atoms with E-state index in [-0.39, 0.29) is 24.2 Å². The molecule has 1 fully saturated rings. The molecule has 3 rings (SSSR count). The molecule has 7 heteroatoms. The summed E-state index contributed by atoms with van der Waals surface area (Å²) in [6.07, 6.45) is 2.69. The van der Waals surface area contributed by atoms with Crippen LogP contribution < -0.4 is 0 Å². The van der Waals surface area contributed by atoms with Gasteiger partial charge in [0.25, 0.3) is 5.91 Å². The molecule has 2 aromatic rings. The summed E-state index contributed by atoms with van der Waals surface area (Å²) in [6, 6.07) is 9.31. The lowest BCUT2D eigenvalue weighted by molar-refractivity contribution is -0.143. The van der Waals surface area contributed by atoms with Crippen molar-refractivity contribution >= 4 is 11.9 Å². The topological polar surface area (TPSA) is 88.3 Å². The first-order chi connectivity index (χ1) is 11.1. The molecule has 7 nitrogen and oxygen atoms in total. The second kappa shape index (κ2) is 6.20. The fourth-order valence-electron chi connectivity index (χ4n) is 2.79. The summed E-state index contributed by atoms with van der Waals surface area (Å²) in [7, 11) is 0. The van der Waals surface area contributed by atoms with Crippen LogP contribution in [0.25, 0.3) is 5.69 Å². The van der Waals surface area contributed by atoms with E-state index in [2.05, 4.69) is 10.2 Å². The maximum Gasteiger partial charge on any atom is 0.308 e. The number of carbonyl (C=O) groups excluding carboxylic acids is 1. The first kappa shape index (κ1) is 15.2. The van der Waals surface area contributed by atoms with Crippen LogP contribution in [0, 0.1) is 5.92 Å². The van der Waals surface area contributed by atoms with Gasteiger partial charge in [-0.1, -0.05) is 18.2 Å². The van der Waals surface area contributed by atoms with Gasteiger partial charge in [-0.05, 0) is 31.9 Å². The molecule has 0 spiro atoms. The molecule has 0 radical (unpaired) electrons. The van der Waals surface area contributed by atoms with Crippen LogP contribution in [0.5, 0.6) is 0 Å². The molecule has 23 heavy (non-hydrogen) atoms. The first-order valence-corrected chi connectivity index (χ1v) is 7.58. The zero-order valence-corrected chi connectivity index (χ0v) is 12.8. The van der Waals surface area contributed by atoms with Crippen molar-refractivity contribution in [2.24, 2.45) is 5.92 Å². The Kier molecular flexibility index (Phi) is 4.10. The number of aromatic nitrogens is 3. The molecule has 1 amide bonds. The number of carbonyl (C=O) groups is 2. The third kappa shape index (κ3) is 3.08. The van der Waals surface area contributed by atoms with Gasteiger partial charge >= 0.3 is 5.97 Å². The molecule has 1 aromatic heterocycles. The van der Waals surface area contributed by atoms with Gasteiger partial charge < -0.3 is 10.0 Å². The molecule has 1 aliphatic heterocycles. The van der Waals surface area contributed by atoms with Crippen molar-refractivity contribution in [1.82, 2.24) is 19.9 Å². The van der Waals surface area contributed by atoms with Crippen molar-refractivity contribution in [3.63, 3.8) is 0 Å². The third-order valence-electron chi connectivity index (χ3n) is 4.19. The van der Waals surface area contributed by atoms with E-state index in [0.29, 0.717) is 12.8 Å².